The highest BCUT2D eigenvalue weighted by atomic mass is 19.4. The molecule has 0 fully saturated rings. The lowest BCUT2D eigenvalue weighted by Gasteiger charge is -2.09. The van der Waals surface area contributed by atoms with Crippen LogP contribution < -0.4 is 10.6 Å². The number of carbonyl (C=O) groups excluding carboxylic acids is 2. The summed E-state index contributed by atoms with van der Waals surface area (Å²) in [5.74, 6) is -1.79. The van der Waals surface area contributed by atoms with Gasteiger partial charge in [-0.25, -0.2) is 4.39 Å². The van der Waals surface area contributed by atoms with E-state index in [1.807, 2.05) is 0 Å². The second-order valence-corrected chi connectivity index (χ2v) is 5.23. The SMILES string of the molecule is O=C(Cc1ccc(NC(=O)c2cccc(F)c2)cc1)NCC(F)(F)F. The molecule has 0 radical (unpaired) electrons. The number of alkyl halides is 3. The molecule has 4 nitrogen and oxygen atoms in total. The fourth-order valence-corrected chi connectivity index (χ4v) is 1.99. The Kier molecular flexibility index (Phi) is 5.74. The standard InChI is InChI=1S/C17H14F4N2O2/c18-13-3-1-2-12(9-13)16(25)23-14-6-4-11(5-7-14)8-15(24)22-10-17(19,20)21/h1-7,9H,8,10H2,(H,22,24)(H,23,25). The summed E-state index contributed by atoms with van der Waals surface area (Å²) in [6.07, 6.45) is -4.67. The number of benzene rings is 2. The highest BCUT2D eigenvalue weighted by molar-refractivity contribution is 6.04. The molecule has 2 aromatic rings. The molecular weight excluding hydrogens is 340 g/mol. The first kappa shape index (κ1) is 18.4. The lowest BCUT2D eigenvalue weighted by Crippen LogP contribution is -2.34. The maximum atomic E-state index is 13.1. The predicted molar refractivity (Wildman–Crippen MR) is 83.6 cm³/mol. The van der Waals surface area contributed by atoms with E-state index in [9.17, 15) is 27.2 Å². The van der Waals surface area contributed by atoms with Crippen LogP contribution in [0.15, 0.2) is 48.5 Å². The molecule has 0 heterocycles. The van der Waals surface area contributed by atoms with Crippen molar-refractivity contribution in [2.24, 2.45) is 0 Å². The van der Waals surface area contributed by atoms with Gasteiger partial charge in [0.2, 0.25) is 5.91 Å². The van der Waals surface area contributed by atoms with E-state index >= 15 is 0 Å². The second-order valence-electron chi connectivity index (χ2n) is 5.23. The minimum absolute atomic E-state index is 0.149. The van der Waals surface area contributed by atoms with E-state index < -0.39 is 30.4 Å². The molecular formula is C17H14F4N2O2. The van der Waals surface area contributed by atoms with Crippen LogP contribution in [0, 0.1) is 5.82 Å². The Balaban J connectivity index is 1.91. The van der Waals surface area contributed by atoms with Gasteiger partial charge in [0, 0.05) is 11.3 Å². The monoisotopic (exact) mass is 354 g/mol. The molecule has 0 saturated heterocycles. The van der Waals surface area contributed by atoms with Crippen molar-refractivity contribution in [3.63, 3.8) is 0 Å². The summed E-state index contributed by atoms with van der Waals surface area (Å²) in [6.45, 7) is -1.38. The normalized spacial score (nSPS) is 11.0. The van der Waals surface area contributed by atoms with Crippen molar-refractivity contribution >= 4 is 17.5 Å². The molecule has 0 aromatic heterocycles. The van der Waals surface area contributed by atoms with Gasteiger partial charge in [-0.05, 0) is 35.9 Å². The summed E-state index contributed by atoms with van der Waals surface area (Å²) >= 11 is 0. The van der Waals surface area contributed by atoms with Gasteiger partial charge in [0.15, 0.2) is 0 Å². The van der Waals surface area contributed by atoms with Gasteiger partial charge in [0.25, 0.3) is 5.91 Å². The zero-order valence-electron chi connectivity index (χ0n) is 12.9. The maximum absolute atomic E-state index is 13.1. The van der Waals surface area contributed by atoms with Crippen molar-refractivity contribution < 1.29 is 27.2 Å². The van der Waals surface area contributed by atoms with Gasteiger partial charge in [-0.3, -0.25) is 9.59 Å². The molecule has 0 aliphatic carbocycles. The summed E-state index contributed by atoms with van der Waals surface area (Å²) in [4.78, 5) is 23.4. The highest BCUT2D eigenvalue weighted by Crippen LogP contribution is 2.14. The van der Waals surface area contributed by atoms with E-state index in [-0.39, 0.29) is 12.0 Å². The Morgan fingerprint density at radius 1 is 1.00 bits per heavy atom. The molecule has 132 valence electrons. The molecule has 0 unspecified atom stereocenters. The summed E-state index contributed by atoms with van der Waals surface area (Å²) in [7, 11) is 0. The van der Waals surface area contributed by atoms with Gasteiger partial charge in [-0.1, -0.05) is 18.2 Å². The third kappa shape index (κ3) is 6.25. The number of carbonyl (C=O) groups is 2. The number of hydrogen-bond acceptors (Lipinski definition) is 2. The zero-order valence-corrected chi connectivity index (χ0v) is 12.9. The highest BCUT2D eigenvalue weighted by Gasteiger charge is 2.27. The van der Waals surface area contributed by atoms with Crippen LogP contribution in [0.4, 0.5) is 23.2 Å². The summed E-state index contributed by atoms with van der Waals surface area (Å²) in [5, 5.41) is 4.33. The minimum Gasteiger partial charge on any atom is -0.347 e. The summed E-state index contributed by atoms with van der Waals surface area (Å²) in [6, 6.07) is 11.2. The van der Waals surface area contributed by atoms with Gasteiger partial charge >= 0.3 is 6.18 Å². The number of rotatable bonds is 5. The van der Waals surface area contributed by atoms with Crippen molar-refractivity contribution in [1.29, 1.82) is 0 Å². The van der Waals surface area contributed by atoms with Crippen molar-refractivity contribution in [3.8, 4) is 0 Å². The van der Waals surface area contributed by atoms with Crippen LogP contribution in [-0.4, -0.2) is 24.5 Å². The Morgan fingerprint density at radius 2 is 1.68 bits per heavy atom. The lowest BCUT2D eigenvalue weighted by molar-refractivity contribution is -0.138. The van der Waals surface area contributed by atoms with Crippen LogP contribution in [0.5, 0.6) is 0 Å². The van der Waals surface area contributed by atoms with Crippen LogP contribution in [0.3, 0.4) is 0 Å². The second kappa shape index (κ2) is 7.78. The third-order valence-electron chi connectivity index (χ3n) is 3.15. The van der Waals surface area contributed by atoms with Crippen LogP contribution in [0.2, 0.25) is 0 Å². The number of amides is 2. The van der Waals surface area contributed by atoms with Crippen molar-refractivity contribution in [3.05, 3.63) is 65.5 Å². The molecule has 2 rings (SSSR count). The topological polar surface area (TPSA) is 58.2 Å². The first-order valence-corrected chi connectivity index (χ1v) is 7.22. The molecule has 0 atom stereocenters. The molecule has 0 aliphatic heterocycles. The number of hydrogen-bond donors (Lipinski definition) is 2. The molecule has 0 aliphatic rings. The average molecular weight is 354 g/mol. The van der Waals surface area contributed by atoms with Crippen molar-refractivity contribution in [2.45, 2.75) is 12.6 Å². The lowest BCUT2D eigenvalue weighted by atomic mass is 10.1. The van der Waals surface area contributed by atoms with E-state index in [1.54, 1.807) is 5.32 Å². The van der Waals surface area contributed by atoms with E-state index in [0.29, 0.717) is 11.3 Å². The quantitative estimate of drug-likeness (QED) is 0.810. The van der Waals surface area contributed by atoms with Gasteiger partial charge in [-0.15, -0.1) is 0 Å². The molecule has 2 N–H and O–H groups in total. The fraction of sp³-hybridized carbons (Fsp3) is 0.176. The Morgan fingerprint density at radius 3 is 2.28 bits per heavy atom. The number of anilines is 1. The number of nitrogens with one attached hydrogen (secondary N) is 2. The molecule has 2 aromatic carbocycles. The molecule has 25 heavy (non-hydrogen) atoms. The third-order valence-corrected chi connectivity index (χ3v) is 3.15. The van der Waals surface area contributed by atoms with E-state index in [1.165, 1.54) is 42.5 Å². The van der Waals surface area contributed by atoms with Gasteiger partial charge in [0.05, 0.1) is 6.42 Å². The zero-order chi connectivity index (χ0) is 18.4. The molecule has 0 bridgehead atoms. The Hall–Kier alpha value is -2.90. The average Bonchev–Trinajstić information content (AvgIpc) is 2.54. The van der Waals surface area contributed by atoms with Gasteiger partial charge in [0.1, 0.15) is 12.4 Å². The van der Waals surface area contributed by atoms with E-state index in [2.05, 4.69) is 5.32 Å². The fourth-order valence-electron chi connectivity index (χ4n) is 1.99. The Labute approximate surface area is 140 Å². The van der Waals surface area contributed by atoms with Crippen molar-refractivity contribution in [2.75, 3.05) is 11.9 Å². The minimum atomic E-state index is -4.46. The van der Waals surface area contributed by atoms with Crippen LogP contribution in [0.25, 0.3) is 0 Å². The molecule has 2 amide bonds. The van der Waals surface area contributed by atoms with Crippen molar-refractivity contribution in [1.82, 2.24) is 5.32 Å². The Bertz CT molecular complexity index is 758. The van der Waals surface area contributed by atoms with E-state index in [0.717, 1.165) is 6.07 Å². The maximum Gasteiger partial charge on any atom is 0.405 e. The van der Waals surface area contributed by atoms with Gasteiger partial charge < -0.3 is 10.6 Å². The first-order valence-electron chi connectivity index (χ1n) is 7.22. The number of halogens is 4. The van der Waals surface area contributed by atoms with Gasteiger partial charge in [-0.2, -0.15) is 13.2 Å². The van der Waals surface area contributed by atoms with Crippen LogP contribution in [0.1, 0.15) is 15.9 Å². The first-order chi connectivity index (χ1) is 11.7. The molecule has 0 saturated carbocycles. The van der Waals surface area contributed by atoms with Crippen LogP contribution >= 0.6 is 0 Å². The smallest absolute Gasteiger partial charge is 0.347 e. The predicted octanol–water partition coefficient (Wildman–Crippen LogP) is 3.30. The largest absolute Gasteiger partial charge is 0.405 e. The summed E-state index contributed by atoms with van der Waals surface area (Å²) < 4.78 is 49.1. The van der Waals surface area contributed by atoms with E-state index in [4.69, 9.17) is 0 Å². The summed E-state index contributed by atoms with van der Waals surface area (Å²) in [5.41, 5.74) is 1.05. The molecule has 8 heteroatoms. The van der Waals surface area contributed by atoms with Crippen LogP contribution in [-0.2, 0) is 11.2 Å². The molecule has 0 spiro atoms.